The van der Waals surface area contributed by atoms with Gasteiger partial charge in [-0.25, -0.2) is 29.5 Å². The van der Waals surface area contributed by atoms with Gasteiger partial charge in [0, 0.05) is 75.6 Å². The first-order valence-corrected chi connectivity index (χ1v) is 29.0. The predicted octanol–water partition coefficient (Wildman–Crippen LogP) is 5.51. The van der Waals surface area contributed by atoms with Crippen LogP contribution in [0.5, 0.6) is 0 Å². The van der Waals surface area contributed by atoms with E-state index in [1.165, 1.54) is 89.3 Å². The lowest BCUT2D eigenvalue weighted by Crippen LogP contribution is -2.52. The van der Waals surface area contributed by atoms with Crippen molar-refractivity contribution in [2.75, 3.05) is 45.3 Å². The van der Waals surface area contributed by atoms with Crippen molar-refractivity contribution in [2.24, 2.45) is 5.73 Å². The number of nitrogens with two attached hydrogens (primary N) is 1. The van der Waals surface area contributed by atoms with E-state index < -0.39 is 36.0 Å². The molecule has 8 amide bonds. The number of pyridine rings is 4. The maximum absolute atomic E-state index is 12.6. The molecule has 0 aliphatic carbocycles. The van der Waals surface area contributed by atoms with Gasteiger partial charge in [0.2, 0.25) is 35.4 Å². The zero-order valence-corrected chi connectivity index (χ0v) is 51.0. The largest absolute Gasteiger partial charge is 0.465 e. The molecule has 11 heterocycles. The highest BCUT2D eigenvalue weighted by atomic mass is 79.9. The van der Waals surface area contributed by atoms with Crippen molar-refractivity contribution in [2.45, 2.75) is 121 Å². The van der Waals surface area contributed by atoms with Crippen LogP contribution in [-0.4, -0.2) is 147 Å². The monoisotopic (exact) mass is 1300 g/mol. The number of anilines is 1. The summed E-state index contributed by atoms with van der Waals surface area (Å²) in [6.07, 6.45) is 15.8. The van der Waals surface area contributed by atoms with Gasteiger partial charge < -0.3 is 35.2 Å². The first-order chi connectivity index (χ1) is 39.7. The summed E-state index contributed by atoms with van der Waals surface area (Å²) in [6, 6.07) is 5.20. The smallest absolute Gasteiger partial charge is 0.339 e. The van der Waals surface area contributed by atoms with E-state index in [0.29, 0.717) is 81.8 Å². The summed E-state index contributed by atoms with van der Waals surface area (Å²) < 4.78 is 9.11. The third-order valence-electron chi connectivity index (χ3n) is 13.9. The molecule has 0 aromatic carbocycles. The van der Waals surface area contributed by atoms with Crippen molar-refractivity contribution in [1.82, 2.24) is 51.0 Å². The van der Waals surface area contributed by atoms with Gasteiger partial charge >= 0.3 is 11.9 Å². The quantitative estimate of drug-likeness (QED) is 0.0688. The predicted molar refractivity (Wildman–Crippen MR) is 315 cm³/mol. The maximum atomic E-state index is 12.6. The molecule has 5 saturated heterocycles. The molecule has 5 fully saturated rings. The molecule has 0 bridgehead atoms. The summed E-state index contributed by atoms with van der Waals surface area (Å²) in [7, 11) is 2.66. The van der Waals surface area contributed by atoms with E-state index in [2.05, 4.69) is 71.5 Å². The number of rotatable bonds is 6. The fraction of sp³-hybridized carbons (Fsp3) is 0.455. The molecule has 3 unspecified atom stereocenters. The Bertz CT molecular complexity index is 3090. The number of fused-ring (bicyclic) bond motifs is 2. The lowest BCUT2D eigenvalue weighted by Gasteiger charge is -2.29. The normalized spacial score (nSPS) is 19.6. The first-order valence-electron chi connectivity index (χ1n) is 26.7. The second-order valence-electron chi connectivity index (χ2n) is 19.7. The third kappa shape index (κ3) is 18.9. The summed E-state index contributed by atoms with van der Waals surface area (Å²) >= 11 is 20.3. The number of nitrogens with zero attached hydrogens (tertiary/aromatic N) is 7. The van der Waals surface area contributed by atoms with Gasteiger partial charge in [0.25, 0.3) is 11.8 Å². The number of methoxy groups -OCH3 is 2. The van der Waals surface area contributed by atoms with Gasteiger partial charge in [0.1, 0.15) is 33.4 Å². The summed E-state index contributed by atoms with van der Waals surface area (Å²) in [6.45, 7) is 7.00. The number of hydrogen-bond acceptors (Lipinski definition) is 19. The van der Waals surface area contributed by atoms with Gasteiger partial charge in [0.05, 0.1) is 42.5 Å². The molecule has 6 N–H and O–H groups in total. The number of aromatic nitrogens is 4. The van der Waals surface area contributed by atoms with Gasteiger partial charge in [-0.05, 0) is 118 Å². The molecule has 3 atom stereocenters. The number of imide groups is 3. The van der Waals surface area contributed by atoms with Gasteiger partial charge in [0.15, 0.2) is 0 Å². The highest BCUT2D eigenvalue weighted by molar-refractivity contribution is 9.08. The number of aryl methyl sites for hydroxylation is 1. The molecule has 0 radical (unpaired) electrons. The first kappa shape index (κ1) is 68.0. The van der Waals surface area contributed by atoms with Crippen LogP contribution in [0.15, 0.2) is 49.1 Å². The Hall–Kier alpha value is -6.74. The van der Waals surface area contributed by atoms with Crippen molar-refractivity contribution in [3.8, 4) is 0 Å². The molecule has 7 aliphatic heterocycles. The zero-order valence-electron chi connectivity index (χ0n) is 46.3. The van der Waals surface area contributed by atoms with Gasteiger partial charge in [-0.2, -0.15) is 0 Å². The van der Waals surface area contributed by atoms with E-state index in [1.54, 1.807) is 36.2 Å². The average Bonchev–Trinajstić information content (AvgIpc) is 2.61. The highest BCUT2D eigenvalue weighted by Crippen LogP contribution is 2.31. The molecule has 29 heteroatoms. The Labute approximate surface area is 514 Å². The summed E-state index contributed by atoms with van der Waals surface area (Å²) in [5.74, 6) is -2.24. The van der Waals surface area contributed by atoms with Crippen molar-refractivity contribution in [3.63, 3.8) is 0 Å². The number of amides is 8. The zero-order chi connectivity index (χ0) is 60.3. The molecule has 4 aromatic rings. The number of nitrogens with one attached hydrogen (secondary N) is 4. The Morgan fingerprint density at radius 2 is 1.06 bits per heavy atom. The standard InChI is InChI=1S/C17H20N4O3.C12H10ClN3O3.C8H7BrClNO2.C8H8ClNO2.C5H8N2O2.C5H11N.ClH/c22-15-5-4-13(16(23)19-15)21-10-11-8-14(18-9-12(11)17(21)24)20-6-2-1-3-7-20;13-9-3-6-5-16(12(19)7(6)4-14-9)8-1-2-10(17)15-11(8)18;1-13-8(12)6-4-11-7(10)2-5(6)3-9;1-5-3-7(9)10-4-6(5)8(11)12-2;6-3-1-2-4(8)7-5(3)9;1-2-4-6-5-3-1;/h8-9,13H,1-7,10H2,(H,19,22,23);3-4,8H,1-2,5H2,(H,15,17,18);2,4H,3H2,1H3;3-4H,1-2H3;3H,1-2,6H2,(H,7,8,9);6H,1-5H2;1H. The minimum Gasteiger partial charge on any atom is -0.465 e. The molecule has 0 spiro atoms. The van der Waals surface area contributed by atoms with Crippen molar-refractivity contribution < 1.29 is 57.4 Å². The molecule has 452 valence electrons. The number of carbonyl (C=O) groups excluding carboxylic acids is 10. The van der Waals surface area contributed by atoms with Crippen LogP contribution >= 0.6 is 63.1 Å². The minimum atomic E-state index is -0.601. The summed E-state index contributed by atoms with van der Waals surface area (Å²) in [4.78, 5) is 135. The van der Waals surface area contributed by atoms with Crippen molar-refractivity contribution in [3.05, 3.63) is 109 Å². The number of alkyl halides is 1. The van der Waals surface area contributed by atoms with Crippen LogP contribution < -0.4 is 31.9 Å². The minimum absolute atomic E-state index is 0. The van der Waals surface area contributed by atoms with Gasteiger partial charge in [-0.3, -0.25) is 54.3 Å². The Balaban J connectivity index is 0.000000194. The van der Waals surface area contributed by atoms with E-state index in [4.69, 9.17) is 40.5 Å². The number of carbonyl (C=O) groups is 10. The second kappa shape index (κ2) is 33.1. The Morgan fingerprint density at radius 1 is 0.607 bits per heavy atom. The average molecular weight is 1310 g/mol. The Morgan fingerprint density at radius 3 is 1.52 bits per heavy atom. The van der Waals surface area contributed by atoms with Crippen LogP contribution in [0, 0.1) is 6.92 Å². The summed E-state index contributed by atoms with van der Waals surface area (Å²) in [5, 5.41) is 11.6. The van der Waals surface area contributed by atoms with Gasteiger partial charge in [-0.1, -0.05) is 57.2 Å². The molecule has 0 saturated carbocycles. The van der Waals surface area contributed by atoms with E-state index in [9.17, 15) is 47.9 Å². The van der Waals surface area contributed by atoms with Crippen LogP contribution in [0.25, 0.3) is 0 Å². The topological polar surface area (TPSA) is 325 Å². The number of ether oxygens (including phenoxy) is 2. The SMILES string of the molecule is C1CCNCC1.COC(=O)c1cnc(Cl)cc1C.COC(=O)c1cnc(Cl)cc1CBr.Cl.NC1CCC(=O)NC1=O.O=C1CCC(N2Cc3cc(Cl)ncc3C2=O)C(=O)N1.O=C1CCC(N2Cc3cc(N4CCCCC4)ncc3C2=O)C(=O)N1. The highest BCUT2D eigenvalue weighted by Gasteiger charge is 2.41. The molecular weight excluding hydrogens is 1240 g/mol. The van der Waals surface area contributed by atoms with Crippen molar-refractivity contribution in [1.29, 1.82) is 0 Å². The number of halogens is 5. The molecule has 11 rings (SSSR count). The van der Waals surface area contributed by atoms with Gasteiger partial charge in [-0.15, -0.1) is 12.4 Å². The number of esters is 2. The fourth-order valence-corrected chi connectivity index (χ4v) is 10.4. The lowest BCUT2D eigenvalue weighted by molar-refractivity contribution is -0.138. The number of hydrogen-bond donors (Lipinski definition) is 5. The van der Waals surface area contributed by atoms with Crippen molar-refractivity contribution >= 4 is 128 Å². The lowest BCUT2D eigenvalue weighted by atomic mass is 10.0. The van der Waals surface area contributed by atoms with Crippen LogP contribution in [0.4, 0.5) is 5.82 Å². The second-order valence-corrected chi connectivity index (χ2v) is 21.4. The molecule has 24 nitrogen and oxygen atoms in total. The third-order valence-corrected chi connectivity index (χ3v) is 15.1. The maximum Gasteiger partial charge on any atom is 0.339 e. The van der Waals surface area contributed by atoms with E-state index in [1.807, 2.05) is 6.07 Å². The van der Waals surface area contributed by atoms with Crippen LogP contribution in [0.2, 0.25) is 15.5 Å². The fourth-order valence-electron chi connectivity index (χ4n) is 9.41. The van der Waals surface area contributed by atoms with Crippen LogP contribution in [-0.2, 0) is 56.7 Å². The van der Waals surface area contributed by atoms with Crippen LogP contribution in [0.3, 0.4) is 0 Å². The molecular formula is C55H65BrCl4N12O12. The van der Waals surface area contributed by atoms with E-state index in [-0.39, 0.29) is 66.6 Å². The van der Waals surface area contributed by atoms with E-state index in [0.717, 1.165) is 41.2 Å². The van der Waals surface area contributed by atoms with Crippen LogP contribution in [0.1, 0.15) is 141 Å². The molecule has 84 heavy (non-hydrogen) atoms. The molecule has 4 aromatic heterocycles. The number of piperidine rings is 5. The summed E-state index contributed by atoms with van der Waals surface area (Å²) in [5.41, 5.74) is 10.4. The Kier molecular flexibility index (Phi) is 26.8. The van der Waals surface area contributed by atoms with E-state index >= 15 is 0 Å². The molecule has 7 aliphatic rings.